The first kappa shape index (κ1) is 15.8. The van der Waals surface area contributed by atoms with Gasteiger partial charge in [0.15, 0.2) is 0 Å². The Morgan fingerprint density at radius 1 is 1.37 bits per heavy atom. The highest BCUT2D eigenvalue weighted by molar-refractivity contribution is 5.83. The van der Waals surface area contributed by atoms with E-state index in [0.29, 0.717) is 19.5 Å². The van der Waals surface area contributed by atoms with Gasteiger partial charge in [-0.2, -0.15) is 0 Å². The predicted octanol–water partition coefficient (Wildman–Crippen LogP) is 0.977. The van der Waals surface area contributed by atoms with Crippen LogP contribution in [0.25, 0.3) is 0 Å². The van der Waals surface area contributed by atoms with E-state index in [4.69, 9.17) is 5.11 Å². The summed E-state index contributed by atoms with van der Waals surface area (Å²) in [6.45, 7) is 8.12. The van der Waals surface area contributed by atoms with Crippen molar-refractivity contribution in [2.24, 2.45) is 0 Å². The van der Waals surface area contributed by atoms with Gasteiger partial charge in [-0.1, -0.05) is 13.8 Å². The van der Waals surface area contributed by atoms with Crippen LogP contribution in [-0.4, -0.2) is 65.7 Å². The predicted molar refractivity (Wildman–Crippen MR) is 73.2 cm³/mol. The molecule has 0 spiro atoms. The van der Waals surface area contributed by atoms with Crippen LogP contribution >= 0.6 is 0 Å². The first-order chi connectivity index (χ1) is 9.10. The minimum atomic E-state index is -0.909. The van der Waals surface area contributed by atoms with E-state index in [1.807, 2.05) is 0 Å². The molecule has 0 aliphatic carbocycles. The molecular weight excluding hydrogens is 246 g/mol. The van der Waals surface area contributed by atoms with Crippen LogP contribution in [-0.2, 0) is 4.79 Å². The van der Waals surface area contributed by atoms with Gasteiger partial charge in [0, 0.05) is 19.6 Å². The lowest BCUT2D eigenvalue weighted by Gasteiger charge is -2.24. The van der Waals surface area contributed by atoms with Crippen molar-refractivity contribution in [1.82, 2.24) is 15.1 Å². The third kappa shape index (κ3) is 4.70. The van der Waals surface area contributed by atoms with Crippen LogP contribution in [0.3, 0.4) is 0 Å². The molecule has 1 aliphatic rings. The molecule has 6 heteroatoms. The first-order valence-corrected chi connectivity index (χ1v) is 7.09. The fourth-order valence-corrected chi connectivity index (χ4v) is 2.43. The molecule has 6 nitrogen and oxygen atoms in total. The van der Waals surface area contributed by atoms with Gasteiger partial charge in [-0.3, -0.25) is 0 Å². The van der Waals surface area contributed by atoms with E-state index in [1.165, 1.54) is 4.90 Å². The Labute approximate surface area is 114 Å². The zero-order valence-corrected chi connectivity index (χ0v) is 11.9. The Balaban J connectivity index is 2.32. The highest BCUT2D eigenvalue weighted by Gasteiger charge is 2.33. The third-order valence-corrected chi connectivity index (χ3v) is 3.49. The Kier molecular flexibility index (Phi) is 6.62. The molecule has 2 N–H and O–H groups in total. The number of carbonyl (C=O) groups excluding carboxylic acids is 1. The smallest absolute Gasteiger partial charge is 0.326 e. The lowest BCUT2D eigenvalue weighted by Crippen LogP contribution is -2.47. The summed E-state index contributed by atoms with van der Waals surface area (Å²) in [6.07, 6.45) is 2.41. The molecule has 1 aliphatic heterocycles. The van der Waals surface area contributed by atoms with Crippen LogP contribution < -0.4 is 5.32 Å². The third-order valence-electron chi connectivity index (χ3n) is 3.49. The zero-order valence-electron chi connectivity index (χ0n) is 11.9. The summed E-state index contributed by atoms with van der Waals surface area (Å²) in [5.41, 5.74) is 0. The maximum absolute atomic E-state index is 11.9. The van der Waals surface area contributed by atoms with Crippen LogP contribution in [0.1, 0.15) is 33.1 Å². The van der Waals surface area contributed by atoms with Gasteiger partial charge in [0.05, 0.1) is 0 Å². The van der Waals surface area contributed by atoms with Crippen LogP contribution in [0.15, 0.2) is 0 Å². The molecule has 1 heterocycles. The standard InChI is InChI=1S/C13H25N3O3/c1-3-8-15(4-2)10-7-14-13(19)16-9-5-6-11(16)12(17)18/h11H,3-10H2,1-2H3,(H,14,19)(H,17,18)/t11-/m0/s1. The maximum Gasteiger partial charge on any atom is 0.326 e. The number of carbonyl (C=O) groups is 2. The molecule has 0 bridgehead atoms. The number of likely N-dealkylation sites (N-methyl/N-ethyl adjacent to an activating group) is 1. The van der Waals surface area contributed by atoms with Crippen molar-refractivity contribution in [3.8, 4) is 0 Å². The van der Waals surface area contributed by atoms with Gasteiger partial charge < -0.3 is 20.2 Å². The number of carboxylic acid groups (broad SMARTS) is 1. The molecule has 0 saturated carbocycles. The van der Waals surface area contributed by atoms with Crippen molar-refractivity contribution in [2.45, 2.75) is 39.2 Å². The average molecular weight is 271 g/mol. The van der Waals surface area contributed by atoms with E-state index < -0.39 is 12.0 Å². The number of nitrogens with zero attached hydrogens (tertiary/aromatic N) is 2. The zero-order chi connectivity index (χ0) is 14.3. The van der Waals surface area contributed by atoms with Crippen molar-refractivity contribution < 1.29 is 14.7 Å². The normalized spacial score (nSPS) is 18.9. The van der Waals surface area contributed by atoms with Crippen LogP contribution in [0.5, 0.6) is 0 Å². The molecule has 1 atom stereocenters. The van der Waals surface area contributed by atoms with E-state index in [1.54, 1.807) is 0 Å². The molecule has 1 fully saturated rings. The lowest BCUT2D eigenvalue weighted by molar-refractivity contribution is -0.141. The fourth-order valence-electron chi connectivity index (χ4n) is 2.43. The molecule has 0 unspecified atom stereocenters. The van der Waals surface area contributed by atoms with Crippen LogP contribution in [0.4, 0.5) is 4.79 Å². The average Bonchev–Trinajstić information content (AvgIpc) is 2.86. The summed E-state index contributed by atoms with van der Waals surface area (Å²) in [6, 6.07) is -0.907. The van der Waals surface area contributed by atoms with E-state index in [0.717, 1.165) is 32.5 Å². The molecule has 0 aromatic carbocycles. The molecule has 0 radical (unpaired) electrons. The van der Waals surface area contributed by atoms with Crippen molar-refractivity contribution in [3.05, 3.63) is 0 Å². The Hall–Kier alpha value is -1.30. The van der Waals surface area contributed by atoms with Crippen molar-refractivity contribution in [3.63, 3.8) is 0 Å². The van der Waals surface area contributed by atoms with Gasteiger partial charge in [0.2, 0.25) is 0 Å². The summed E-state index contributed by atoms with van der Waals surface area (Å²) in [4.78, 5) is 26.6. The van der Waals surface area contributed by atoms with Gasteiger partial charge >= 0.3 is 12.0 Å². The molecule has 19 heavy (non-hydrogen) atoms. The molecule has 1 rings (SSSR count). The number of hydrogen-bond acceptors (Lipinski definition) is 3. The fraction of sp³-hybridized carbons (Fsp3) is 0.846. The van der Waals surface area contributed by atoms with Crippen LogP contribution in [0.2, 0.25) is 0 Å². The van der Waals surface area contributed by atoms with Crippen LogP contribution in [0, 0.1) is 0 Å². The number of likely N-dealkylation sites (tertiary alicyclic amines) is 1. The van der Waals surface area contributed by atoms with E-state index >= 15 is 0 Å². The number of hydrogen-bond donors (Lipinski definition) is 2. The summed E-state index contributed by atoms with van der Waals surface area (Å²) in [7, 11) is 0. The van der Waals surface area contributed by atoms with Crippen molar-refractivity contribution in [1.29, 1.82) is 0 Å². The summed E-state index contributed by atoms with van der Waals surface area (Å²) in [5, 5.41) is 11.8. The summed E-state index contributed by atoms with van der Waals surface area (Å²) in [5.74, 6) is -0.909. The number of amides is 2. The highest BCUT2D eigenvalue weighted by Crippen LogP contribution is 2.17. The second-order valence-electron chi connectivity index (χ2n) is 4.86. The molecular formula is C13H25N3O3. The molecule has 2 amide bonds. The Morgan fingerprint density at radius 3 is 2.68 bits per heavy atom. The Bertz CT molecular complexity index is 310. The number of aliphatic carboxylic acids is 1. The first-order valence-electron chi connectivity index (χ1n) is 7.09. The highest BCUT2D eigenvalue weighted by atomic mass is 16.4. The number of urea groups is 1. The summed E-state index contributed by atoms with van der Waals surface area (Å²) >= 11 is 0. The van der Waals surface area contributed by atoms with E-state index in [9.17, 15) is 9.59 Å². The molecule has 110 valence electrons. The quantitative estimate of drug-likeness (QED) is 0.724. The van der Waals surface area contributed by atoms with Gasteiger partial charge in [0.1, 0.15) is 6.04 Å². The number of carboxylic acids is 1. The number of rotatable bonds is 7. The minimum Gasteiger partial charge on any atom is -0.480 e. The summed E-state index contributed by atoms with van der Waals surface area (Å²) < 4.78 is 0. The largest absolute Gasteiger partial charge is 0.480 e. The number of nitrogens with one attached hydrogen (secondary N) is 1. The van der Waals surface area contributed by atoms with Gasteiger partial charge in [0.25, 0.3) is 0 Å². The molecule has 0 aromatic heterocycles. The topological polar surface area (TPSA) is 72.9 Å². The van der Waals surface area contributed by atoms with Gasteiger partial charge in [-0.25, -0.2) is 9.59 Å². The second kappa shape index (κ2) is 7.99. The van der Waals surface area contributed by atoms with E-state index in [2.05, 4.69) is 24.1 Å². The van der Waals surface area contributed by atoms with Gasteiger partial charge in [-0.15, -0.1) is 0 Å². The monoisotopic (exact) mass is 271 g/mol. The van der Waals surface area contributed by atoms with Gasteiger partial charge in [-0.05, 0) is 32.4 Å². The molecule has 1 saturated heterocycles. The minimum absolute atomic E-state index is 0.252. The maximum atomic E-state index is 11.9. The van der Waals surface area contributed by atoms with Crippen molar-refractivity contribution in [2.75, 3.05) is 32.7 Å². The molecule has 0 aromatic rings. The van der Waals surface area contributed by atoms with Crippen molar-refractivity contribution >= 4 is 12.0 Å². The second-order valence-corrected chi connectivity index (χ2v) is 4.86. The lowest BCUT2D eigenvalue weighted by atomic mass is 10.2. The van der Waals surface area contributed by atoms with E-state index in [-0.39, 0.29) is 6.03 Å². The SMILES string of the molecule is CCCN(CC)CCNC(=O)N1CCC[C@H]1C(=O)O. The Morgan fingerprint density at radius 2 is 2.11 bits per heavy atom.